The van der Waals surface area contributed by atoms with E-state index in [2.05, 4.69) is 5.32 Å². The molecule has 0 bridgehead atoms. The summed E-state index contributed by atoms with van der Waals surface area (Å²) in [6.07, 6.45) is 0. The van der Waals surface area contributed by atoms with Gasteiger partial charge >= 0.3 is 0 Å². The van der Waals surface area contributed by atoms with Crippen molar-refractivity contribution in [3.63, 3.8) is 0 Å². The van der Waals surface area contributed by atoms with E-state index in [0.29, 0.717) is 33.1 Å². The highest BCUT2D eigenvalue weighted by Crippen LogP contribution is 2.29. The summed E-state index contributed by atoms with van der Waals surface area (Å²) in [4.78, 5) is 11.2. The molecule has 6 heteroatoms. The lowest BCUT2D eigenvalue weighted by atomic mass is 10.2. The largest absolute Gasteiger partial charge is 0.487 e. The molecule has 2 aromatic rings. The fraction of sp³-hybridized carbons (Fsp3) is 0.133. The Balaban J connectivity index is 2.15. The molecule has 2 aromatic carbocycles. The zero-order chi connectivity index (χ0) is 15.4. The third-order valence-electron chi connectivity index (χ3n) is 2.63. The van der Waals surface area contributed by atoms with Gasteiger partial charge in [-0.05, 0) is 35.9 Å². The van der Waals surface area contributed by atoms with Crippen LogP contribution >= 0.6 is 34.8 Å². The lowest BCUT2D eigenvalue weighted by Crippen LogP contribution is -2.08. The Morgan fingerprint density at radius 3 is 2.52 bits per heavy atom. The van der Waals surface area contributed by atoms with Crippen LogP contribution in [0.2, 0.25) is 15.1 Å². The number of halogens is 3. The molecule has 0 aliphatic carbocycles. The van der Waals surface area contributed by atoms with Gasteiger partial charge in [0.25, 0.3) is 0 Å². The first-order valence-corrected chi connectivity index (χ1v) is 7.23. The molecule has 0 atom stereocenters. The highest BCUT2D eigenvalue weighted by Gasteiger charge is 2.07. The zero-order valence-electron chi connectivity index (χ0n) is 11.1. The van der Waals surface area contributed by atoms with E-state index >= 15 is 0 Å². The van der Waals surface area contributed by atoms with Crippen LogP contribution < -0.4 is 10.1 Å². The van der Waals surface area contributed by atoms with Gasteiger partial charge in [0, 0.05) is 11.9 Å². The minimum atomic E-state index is -0.198. The molecule has 0 radical (unpaired) electrons. The Kier molecular flexibility index (Phi) is 5.34. The third kappa shape index (κ3) is 4.53. The predicted molar refractivity (Wildman–Crippen MR) is 86.5 cm³/mol. The fourth-order valence-electron chi connectivity index (χ4n) is 1.71. The minimum absolute atomic E-state index is 0.198. The van der Waals surface area contributed by atoms with E-state index < -0.39 is 0 Å². The smallest absolute Gasteiger partial charge is 0.221 e. The van der Waals surface area contributed by atoms with Crippen molar-refractivity contribution in [2.75, 3.05) is 5.32 Å². The topological polar surface area (TPSA) is 38.3 Å². The summed E-state index contributed by atoms with van der Waals surface area (Å²) in [6, 6.07) is 10.3. The monoisotopic (exact) mass is 343 g/mol. The number of hydrogen-bond donors (Lipinski definition) is 1. The van der Waals surface area contributed by atoms with Crippen molar-refractivity contribution in [2.45, 2.75) is 13.5 Å². The number of benzene rings is 2. The summed E-state index contributed by atoms with van der Waals surface area (Å²) in [5.74, 6) is 0.331. The summed E-state index contributed by atoms with van der Waals surface area (Å²) in [5, 5.41) is 4.15. The van der Waals surface area contributed by atoms with Crippen LogP contribution in [0.3, 0.4) is 0 Å². The first-order valence-electron chi connectivity index (χ1n) is 6.09. The van der Waals surface area contributed by atoms with Gasteiger partial charge in [-0.3, -0.25) is 4.79 Å². The maximum absolute atomic E-state index is 11.2. The Labute approximate surface area is 137 Å². The molecule has 0 saturated carbocycles. The van der Waals surface area contributed by atoms with Gasteiger partial charge in [0.05, 0.1) is 15.7 Å². The van der Waals surface area contributed by atoms with E-state index in [9.17, 15) is 4.79 Å². The SMILES string of the molecule is CC(=O)Nc1cc(Cl)ccc1OCc1ccc(Cl)c(Cl)c1. The summed E-state index contributed by atoms with van der Waals surface area (Å²) < 4.78 is 5.70. The molecule has 110 valence electrons. The lowest BCUT2D eigenvalue weighted by molar-refractivity contribution is -0.114. The van der Waals surface area contributed by atoms with Gasteiger partial charge in [-0.1, -0.05) is 40.9 Å². The molecule has 1 N–H and O–H groups in total. The number of amides is 1. The van der Waals surface area contributed by atoms with Gasteiger partial charge in [0.1, 0.15) is 12.4 Å². The number of hydrogen-bond acceptors (Lipinski definition) is 2. The molecule has 2 rings (SSSR count). The highest BCUT2D eigenvalue weighted by atomic mass is 35.5. The molecule has 0 aliphatic rings. The first kappa shape index (κ1) is 16.0. The van der Waals surface area contributed by atoms with Crippen LogP contribution in [0.15, 0.2) is 36.4 Å². The van der Waals surface area contributed by atoms with E-state index in [4.69, 9.17) is 39.5 Å². The van der Waals surface area contributed by atoms with E-state index in [1.807, 2.05) is 6.07 Å². The molecule has 1 amide bonds. The molecule has 0 aliphatic heterocycles. The zero-order valence-corrected chi connectivity index (χ0v) is 13.4. The molecule has 0 fully saturated rings. The molecule has 0 aromatic heterocycles. The number of nitrogens with one attached hydrogen (secondary N) is 1. The first-order chi connectivity index (χ1) is 9.95. The molecule has 0 heterocycles. The van der Waals surface area contributed by atoms with Gasteiger partial charge in [0.2, 0.25) is 5.91 Å². The maximum Gasteiger partial charge on any atom is 0.221 e. The standard InChI is InChI=1S/C15H12Cl3NO2/c1-9(20)19-14-7-11(16)3-5-15(14)21-8-10-2-4-12(17)13(18)6-10/h2-7H,8H2,1H3,(H,19,20). The second kappa shape index (κ2) is 7.03. The van der Waals surface area contributed by atoms with E-state index in [-0.39, 0.29) is 5.91 Å². The van der Waals surface area contributed by atoms with Crippen LogP contribution in [0.5, 0.6) is 5.75 Å². The van der Waals surface area contributed by atoms with Crippen LogP contribution in [-0.4, -0.2) is 5.91 Å². The average Bonchev–Trinajstić information content (AvgIpc) is 2.41. The Morgan fingerprint density at radius 2 is 1.86 bits per heavy atom. The normalized spacial score (nSPS) is 10.3. The van der Waals surface area contributed by atoms with Crippen LogP contribution in [0.1, 0.15) is 12.5 Å². The van der Waals surface area contributed by atoms with Gasteiger partial charge in [-0.25, -0.2) is 0 Å². The van der Waals surface area contributed by atoms with Crippen molar-refractivity contribution in [2.24, 2.45) is 0 Å². The van der Waals surface area contributed by atoms with E-state index in [1.54, 1.807) is 30.3 Å². The Bertz CT molecular complexity index is 674. The van der Waals surface area contributed by atoms with Gasteiger partial charge in [-0.15, -0.1) is 0 Å². The number of ether oxygens (including phenoxy) is 1. The number of carbonyl (C=O) groups excluding carboxylic acids is 1. The molecule has 3 nitrogen and oxygen atoms in total. The Hall–Kier alpha value is -1.42. The van der Waals surface area contributed by atoms with Crippen LogP contribution in [0, 0.1) is 0 Å². The van der Waals surface area contributed by atoms with E-state index in [1.165, 1.54) is 6.92 Å². The second-order valence-corrected chi connectivity index (χ2v) is 5.61. The minimum Gasteiger partial charge on any atom is -0.487 e. The summed E-state index contributed by atoms with van der Waals surface area (Å²) in [7, 11) is 0. The van der Waals surface area contributed by atoms with Crippen molar-refractivity contribution in [1.82, 2.24) is 0 Å². The molecule has 0 saturated heterocycles. The number of carbonyl (C=O) groups is 1. The van der Waals surface area contributed by atoms with Gasteiger partial charge in [-0.2, -0.15) is 0 Å². The quantitative estimate of drug-likeness (QED) is 0.829. The highest BCUT2D eigenvalue weighted by molar-refractivity contribution is 6.42. The van der Waals surface area contributed by atoms with Crippen molar-refractivity contribution in [3.8, 4) is 5.75 Å². The third-order valence-corrected chi connectivity index (χ3v) is 3.60. The second-order valence-electron chi connectivity index (χ2n) is 4.36. The Morgan fingerprint density at radius 1 is 1.10 bits per heavy atom. The summed E-state index contributed by atoms with van der Waals surface area (Å²) in [5.41, 5.74) is 1.39. The fourth-order valence-corrected chi connectivity index (χ4v) is 2.20. The average molecular weight is 345 g/mol. The number of rotatable bonds is 4. The lowest BCUT2D eigenvalue weighted by Gasteiger charge is -2.12. The molecule has 0 unspecified atom stereocenters. The predicted octanol–water partition coefficient (Wildman–Crippen LogP) is 5.18. The van der Waals surface area contributed by atoms with Gasteiger partial charge in [0.15, 0.2) is 0 Å². The van der Waals surface area contributed by atoms with E-state index in [0.717, 1.165) is 5.56 Å². The molecule has 21 heavy (non-hydrogen) atoms. The van der Waals surface area contributed by atoms with Crippen molar-refractivity contribution in [1.29, 1.82) is 0 Å². The van der Waals surface area contributed by atoms with Crippen molar-refractivity contribution >= 4 is 46.4 Å². The molecule has 0 spiro atoms. The van der Waals surface area contributed by atoms with Crippen LogP contribution in [-0.2, 0) is 11.4 Å². The van der Waals surface area contributed by atoms with Gasteiger partial charge < -0.3 is 10.1 Å². The molecular formula is C15H12Cl3NO2. The van der Waals surface area contributed by atoms with Crippen LogP contribution in [0.25, 0.3) is 0 Å². The molecular weight excluding hydrogens is 333 g/mol. The maximum atomic E-state index is 11.2. The summed E-state index contributed by atoms with van der Waals surface area (Å²) >= 11 is 17.7. The van der Waals surface area contributed by atoms with Crippen molar-refractivity contribution in [3.05, 3.63) is 57.0 Å². The summed E-state index contributed by atoms with van der Waals surface area (Å²) in [6.45, 7) is 1.72. The van der Waals surface area contributed by atoms with Crippen molar-refractivity contribution < 1.29 is 9.53 Å². The number of anilines is 1. The van der Waals surface area contributed by atoms with Crippen LogP contribution in [0.4, 0.5) is 5.69 Å².